The summed E-state index contributed by atoms with van der Waals surface area (Å²) in [5.41, 5.74) is 0.336. The molecule has 4 rings (SSSR count). The molecule has 1 fully saturated rings. The fourth-order valence-electron chi connectivity index (χ4n) is 2.18. The molecule has 0 atom stereocenters. The van der Waals surface area contributed by atoms with E-state index < -0.39 is 6.29 Å². The molecule has 8 nitrogen and oxygen atoms in total. The summed E-state index contributed by atoms with van der Waals surface area (Å²) < 4.78 is 36.3. The van der Waals surface area contributed by atoms with Gasteiger partial charge in [0.15, 0.2) is 11.5 Å². The van der Waals surface area contributed by atoms with E-state index in [-0.39, 0.29) is 23.2 Å². The number of rotatable bonds is 5. The standard InChI is InChI=1S/C13H11F2N5O3S/c14-13(15)22-9-4-1-7(5-10(9)23-13)16-11(21)6-24-12-17-18-19-20(12)8-2-3-8/h1,4-5,8H,2-3,6H2,(H,16,21). The maximum absolute atomic E-state index is 13.0. The molecule has 24 heavy (non-hydrogen) atoms. The average molecular weight is 355 g/mol. The van der Waals surface area contributed by atoms with Crippen LogP contribution in [0, 0.1) is 0 Å². The molecule has 1 amide bonds. The first-order valence-electron chi connectivity index (χ1n) is 7.10. The monoisotopic (exact) mass is 355 g/mol. The van der Waals surface area contributed by atoms with Gasteiger partial charge in [-0.3, -0.25) is 4.79 Å². The van der Waals surface area contributed by atoms with Crippen molar-refractivity contribution in [2.24, 2.45) is 0 Å². The van der Waals surface area contributed by atoms with E-state index in [1.54, 1.807) is 4.68 Å². The summed E-state index contributed by atoms with van der Waals surface area (Å²) in [5, 5.41) is 14.6. The number of benzene rings is 1. The first-order chi connectivity index (χ1) is 11.5. The Kier molecular flexibility index (Phi) is 3.52. The number of alkyl halides is 2. The molecule has 0 bridgehead atoms. The Balaban J connectivity index is 1.36. The van der Waals surface area contributed by atoms with Gasteiger partial charge in [-0.15, -0.1) is 13.9 Å². The van der Waals surface area contributed by atoms with E-state index in [0.29, 0.717) is 16.9 Å². The van der Waals surface area contributed by atoms with Crippen molar-refractivity contribution < 1.29 is 23.0 Å². The van der Waals surface area contributed by atoms with Gasteiger partial charge in [-0.05, 0) is 35.4 Å². The Labute approximate surface area is 138 Å². The second-order valence-electron chi connectivity index (χ2n) is 5.30. The zero-order valence-electron chi connectivity index (χ0n) is 12.1. The number of carbonyl (C=O) groups excluding carboxylic acids is 1. The number of halogens is 2. The molecule has 1 N–H and O–H groups in total. The van der Waals surface area contributed by atoms with E-state index in [4.69, 9.17) is 0 Å². The van der Waals surface area contributed by atoms with Gasteiger partial charge in [-0.2, -0.15) is 0 Å². The number of nitrogens with one attached hydrogen (secondary N) is 1. The molecule has 2 aromatic rings. The zero-order chi connectivity index (χ0) is 16.7. The van der Waals surface area contributed by atoms with Crippen LogP contribution in [0.5, 0.6) is 11.5 Å². The first-order valence-corrected chi connectivity index (χ1v) is 8.09. The lowest BCUT2D eigenvalue weighted by molar-refractivity contribution is -0.286. The van der Waals surface area contributed by atoms with Crippen LogP contribution in [0.25, 0.3) is 0 Å². The summed E-state index contributed by atoms with van der Waals surface area (Å²) in [4.78, 5) is 12.0. The Morgan fingerprint density at radius 1 is 1.38 bits per heavy atom. The Morgan fingerprint density at radius 3 is 2.96 bits per heavy atom. The van der Waals surface area contributed by atoms with Gasteiger partial charge in [-0.25, -0.2) is 4.68 Å². The van der Waals surface area contributed by atoms with Crippen molar-refractivity contribution >= 4 is 23.4 Å². The summed E-state index contributed by atoms with van der Waals surface area (Å²) in [6, 6.07) is 4.38. The minimum Gasteiger partial charge on any atom is -0.395 e. The van der Waals surface area contributed by atoms with E-state index in [2.05, 4.69) is 30.3 Å². The molecule has 1 aromatic heterocycles. The van der Waals surface area contributed by atoms with Crippen molar-refractivity contribution in [3.63, 3.8) is 0 Å². The SMILES string of the molecule is O=C(CSc1nnnn1C1CC1)Nc1ccc2c(c1)OC(F)(F)O2. The molecule has 0 unspecified atom stereocenters. The van der Waals surface area contributed by atoms with Gasteiger partial charge < -0.3 is 14.8 Å². The predicted molar refractivity (Wildman–Crippen MR) is 78.1 cm³/mol. The van der Waals surface area contributed by atoms with E-state index in [1.807, 2.05) is 0 Å². The molecule has 1 aliphatic heterocycles. The summed E-state index contributed by atoms with van der Waals surface area (Å²) in [5.74, 6) is -0.410. The Bertz CT molecular complexity index is 796. The number of thioether (sulfide) groups is 1. The van der Waals surface area contributed by atoms with E-state index in [9.17, 15) is 13.6 Å². The number of ether oxygens (including phenoxy) is 2. The smallest absolute Gasteiger partial charge is 0.395 e. The number of fused-ring (bicyclic) bond motifs is 1. The fourth-order valence-corrected chi connectivity index (χ4v) is 2.93. The number of tetrazole rings is 1. The molecule has 2 heterocycles. The molecule has 11 heteroatoms. The van der Waals surface area contributed by atoms with Crippen LogP contribution in [0.2, 0.25) is 0 Å². The highest BCUT2D eigenvalue weighted by atomic mass is 32.2. The third kappa shape index (κ3) is 3.11. The highest BCUT2D eigenvalue weighted by Crippen LogP contribution is 2.42. The second-order valence-corrected chi connectivity index (χ2v) is 6.25. The lowest BCUT2D eigenvalue weighted by atomic mass is 10.3. The van der Waals surface area contributed by atoms with Gasteiger partial charge >= 0.3 is 6.29 Å². The van der Waals surface area contributed by atoms with Gasteiger partial charge in [0, 0.05) is 11.8 Å². The number of carbonyl (C=O) groups is 1. The maximum atomic E-state index is 13.0. The molecule has 0 saturated heterocycles. The van der Waals surface area contributed by atoms with Crippen molar-refractivity contribution in [3.05, 3.63) is 18.2 Å². The number of hydrogen-bond donors (Lipinski definition) is 1. The number of nitrogens with zero attached hydrogens (tertiary/aromatic N) is 4. The van der Waals surface area contributed by atoms with Gasteiger partial charge in [0.1, 0.15) is 0 Å². The predicted octanol–water partition coefficient (Wildman–Crippen LogP) is 2.06. The van der Waals surface area contributed by atoms with E-state index in [0.717, 1.165) is 12.8 Å². The van der Waals surface area contributed by atoms with Crippen LogP contribution < -0.4 is 14.8 Å². The van der Waals surface area contributed by atoms with Crippen molar-refractivity contribution in [1.82, 2.24) is 20.2 Å². The molecule has 1 aromatic carbocycles. The van der Waals surface area contributed by atoms with Crippen LogP contribution in [0.4, 0.5) is 14.5 Å². The van der Waals surface area contributed by atoms with Crippen LogP contribution in [-0.4, -0.2) is 38.2 Å². The number of anilines is 1. The minimum atomic E-state index is -3.68. The van der Waals surface area contributed by atoms with E-state index in [1.165, 1.54) is 30.0 Å². The minimum absolute atomic E-state index is 0.0732. The third-order valence-corrected chi connectivity index (χ3v) is 4.31. The number of amides is 1. The molecule has 1 aliphatic carbocycles. The topological polar surface area (TPSA) is 91.2 Å². The van der Waals surface area contributed by atoms with Crippen LogP contribution in [0.3, 0.4) is 0 Å². The van der Waals surface area contributed by atoms with Crippen molar-refractivity contribution in [1.29, 1.82) is 0 Å². The van der Waals surface area contributed by atoms with Gasteiger partial charge in [0.05, 0.1) is 11.8 Å². The van der Waals surface area contributed by atoms with Crippen LogP contribution >= 0.6 is 11.8 Å². The quantitative estimate of drug-likeness (QED) is 0.821. The normalized spacial score (nSPS) is 17.8. The molecule has 2 aliphatic rings. The average Bonchev–Trinajstić information content (AvgIpc) is 3.16. The molecule has 0 spiro atoms. The van der Waals surface area contributed by atoms with Crippen LogP contribution in [0.1, 0.15) is 18.9 Å². The molecular formula is C13H11F2N5O3S. The zero-order valence-corrected chi connectivity index (χ0v) is 12.9. The summed E-state index contributed by atoms with van der Waals surface area (Å²) in [6.45, 7) is 0. The highest BCUT2D eigenvalue weighted by molar-refractivity contribution is 7.99. The Morgan fingerprint density at radius 2 is 2.17 bits per heavy atom. The van der Waals surface area contributed by atoms with Crippen LogP contribution in [0.15, 0.2) is 23.4 Å². The van der Waals surface area contributed by atoms with Crippen molar-refractivity contribution in [2.75, 3.05) is 11.1 Å². The highest BCUT2D eigenvalue weighted by Gasteiger charge is 2.43. The third-order valence-electron chi connectivity index (χ3n) is 3.37. The second kappa shape index (κ2) is 5.58. The fraction of sp³-hybridized carbons (Fsp3) is 0.385. The largest absolute Gasteiger partial charge is 0.586 e. The lowest BCUT2D eigenvalue weighted by Gasteiger charge is -2.06. The molecule has 0 radical (unpaired) electrons. The lowest BCUT2D eigenvalue weighted by Crippen LogP contribution is -2.25. The summed E-state index contributed by atoms with van der Waals surface area (Å²) >= 11 is 1.21. The first kappa shape index (κ1) is 15.1. The summed E-state index contributed by atoms with van der Waals surface area (Å²) in [6.07, 6.45) is -1.61. The molecule has 126 valence electrons. The van der Waals surface area contributed by atoms with Crippen molar-refractivity contribution in [2.45, 2.75) is 30.3 Å². The van der Waals surface area contributed by atoms with Gasteiger partial charge in [0.25, 0.3) is 0 Å². The molecular weight excluding hydrogens is 344 g/mol. The summed E-state index contributed by atoms with van der Waals surface area (Å²) in [7, 11) is 0. The maximum Gasteiger partial charge on any atom is 0.586 e. The van der Waals surface area contributed by atoms with Gasteiger partial charge in [-0.1, -0.05) is 11.8 Å². The van der Waals surface area contributed by atoms with Gasteiger partial charge in [0.2, 0.25) is 11.1 Å². The Hall–Kier alpha value is -2.43. The van der Waals surface area contributed by atoms with Crippen LogP contribution in [-0.2, 0) is 4.79 Å². The number of aromatic nitrogens is 4. The molecule has 1 saturated carbocycles. The van der Waals surface area contributed by atoms with E-state index >= 15 is 0 Å². The number of hydrogen-bond acceptors (Lipinski definition) is 7. The van der Waals surface area contributed by atoms with Crippen molar-refractivity contribution in [3.8, 4) is 11.5 Å².